The molecule has 0 aliphatic heterocycles. The quantitative estimate of drug-likeness (QED) is 0.747. The fraction of sp³-hybridized carbons (Fsp3) is 0.500. The summed E-state index contributed by atoms with van der Waals surface area (Å²) in [7, 11) is 0. The van der Waals surface area contributed by atoms with Crippen LogP contribution in [0.15, 0.2) is 18.2 Å². The summed E-state index contributed by atoms with van der Waals surface area (Å²) >= 11 is 0. The minimum atomic E-state index is -0.770. The second-order valence-electron chi connectivity index (χ2n) is 4.16. The molecule has 1 rings (SSSR count). The molecule has 0 bridgehead atoms. The lowest BCUT2D eigenvalue weighted by Crippen LogP contribution is -2.31. The van der Waals surface area contributed by atoms with Crippen LogP contribution in [0.2, 0.25) is 0 Å². The number of hydrogen-bond acceptors (Lipinski definition) is 3. The van der Waals surface area contributed by atoms with E-state index in [2.05, 4.69) is 0 Å². The second kappa shape index (κ2) is 4.53. The summed E-state index contributed by atoms with van der Waals surface area (Å²) in [6, 6.07) is 5.48. The summed E-state index contributed by atoms with van der Waals surface area (Å²) in [6.45, 7) is 5.93. The zero-order valence-electron chi connectivity index (χ0n) is 9.58. The third-order valence-electron chi connectivity index (χ3n) is 2.50. The molecular formula is C12H19NO2. The van der Waals surface area contributed by atoms with E-state index in [4.69, 9.17) is 10.5 Å². The van der Waals surface area contributed by atoms with E-state index in [0.717, 1.165) is 17.0 Å². The highest BCUT2D eigenvalue weighted by atomic mass is 16.5. The lowest BCUT2D eigenvalue weighted by Gasteiger charge is -2.22. The van der Waals surface area contributed by atoms with Gasteiger partial charge in [-0.2, -0.15) is 0 Å². The van der Waals surface area contributed by atoms with Gasteiger partial charge in [0.05, 0.1) is 5.60 Å². The normalized spacial score (nSPS) is 14.7. The van der Waals surface area contributed by atoms with Gasteiger partial charge in [-0.1, -0.05) is 6.92 Å². The predicted octanol–water partition coefficient (Wildman–Crippen LogP) is 2.12. The summed E-state index contributed by atoms with van der Waals surface area (Å²) in [5.74, 6) is 0.776. The summed E-state index contributed by atoms with van der Waals surface area (Å²) in [5, 5.41) is 9.78. The van der Waals surface area contributed by atoms with Gasteiger partial charge in [0.15, 0.2) is 0 Å². The number of rotatable bonds is 4. The largest absolute Gasteiger partial charge is 0.490 e. The average molecular weight is 209 g/mol. The van der Waals surface area contributed by atoms with E-state index < -0.39 is 5.60 Å². The molecule has 3 heteroatoms. The molecule has 15 heavy (non-hydrogen) atoms. The van der Waals surface area contributed by atoms with Crippen LogP contribution < -0.4 is 10.5 Å². The van der Waals surface area contributed by atoms with Crippen LogP contribution >= 0.6 is 0 Å². The highest BCUT2D eigenvalue weighted by Crippen LogP contribution is 2.21. The Balaban J connectivity index is 2.66. The number of anilines is 1. The maximum absolute atomic E-state index is 9.78. The van der Waals surface area contributed by atoms with E-state index in [9.17, 15) is 5.11 Å². The van der Waals surface area contributed by atoms with Crippen molar-refractivity contribution < 1.29 is 9.84 Å². The molecule has 0 aliphatic carbocycles. The molecule has 0 aromatic heterocycles. The second-order valence-corrected chi connectivity index (χ2v) is 4.16. The zero-order valence-corrected chi connectivity index (χ0v) is 9.58. The SMILES string of the molecule is CCC(C)(O)COc1ccc(N)cc1C. The molecule has 84 valence electrons. The van der Waals surface area contributed by atoms with Crippen molar-refractivity contribution in [3.05, 3.63) is 23.8 Å². The molecule has 0 radical (unpaired) electrons. The molecular weight excluding hydrogens is 190 g/mol. The summed E-state index contributed by atoms with van der Waals surface area (Å²) in [4.78, 5) is 0. The van der Waals surface area contributed by atoms with Crippen LogP contribution in [-0.4, -0.2) is 17.3 Å². The van der Waals surface area contributed by atoms with Crippen molar-refractivity contribution in [2.45, 2.75) is 32.8 Å². The van der Waals surface area contributed by atoms with Gasteiger partial charge in [0.2, 0.25) is 0 Å². The molecule has 0 amide bonds. The van der Waals surface area contributed by atoms with E-state index in [1.807, 2.05) is 26.0 Å². The molecule has 0 aliphatic rings. The Kier molecular flexibility index (Phi) is 3.58. The van der Waals surface area contributed by atoms with Crippen LogP contribution in [0.5, 0.6) is 5.75 Å². The third kappa shape index (κ3) is 3.44. The first-order valence-corrected chi connectivity index (χ1v) is 5.16. The molecule has 0 fully saturated rings. The number of aryl methyl sites for hydroxylation is 1. The van der Waals surface area contributed by atoms with Crippen LogP contribution in [0, 0.1) is 6.92 Å². The Morgan fingerprint density at radius 1 is 1.47 bits per heavy atom. The number of benzene rings is 1. The molecule has 0 spiro atoms. The van der Waals surface area contributed by atoms with Gasteiger partial charge in [0, 0.05) is 5.69 Å². The van der Waals surface area contributed by atoms with Crippen LogP contribution in [0.4, 0.5) is 5.69 Å². The summed E-state index contributed by atoms with van der Waals surface area (Å²) in [5.41, 5.74) is 6.57. The van der Waals surface area contributed by atoms with E-state index in [1.165, 1.54) is 0 Å². The van der Waals surface area contributed by atoms with Crippen molar-refractivity contribution in [2.24, 2.45) is 0 Å². The van der Waals surface area contributed by atoms with Gasteiger partial charge in [-0.05, 0) is 44.0 Å². The van der Waals surface area contributed by atoms with E-state index in [-0.39, 0.29) is 0 Å². The predicted molar refractivity (Wildman–Crippen MR) is 62.0 cm³/mol. The van der Waals surface area contributed by atoms with Gasteiger partial charge in [-0.15, -0.1) is 0 Å². The van der Waals surface area contributed by atoms with Crippen molar-refractivity contribution >= 4 is 5.69 Å². The van der Waals surface area contributed by atoms with Gasteiger partial charge in [-0.25, -0.2) is 0 Å². The van der Waals surface area contributed by atoms with Crippen LogP contribution in [0.1, 0.15) is 25.8 Å². The highest BCUT2D eigenvalue weighted by Gasteiger charge is 2.18. The number of ether oxygens (including phenoxy) is 1. The molecule has 0 saturated carbocycles. The van der Waals surface area contributed by atoms with Gasteiger partial charge in [0.25, 0.3) is 0 Å². The van der Waals surface area contributed by atoms with Gasteiger partial charge in [0.1, 0.15) is 12.4 Å². The van der Waals surface area contributed by atoms with E-state index in [0.29, 0.717) is 13.0 Å². The van der Waals surface area contributed by atoms with Gasteiger partial charge >= 0.3 is 0 Å². The molecule has 1 aromatic carbocycles. The van der Waals surface area contributed by atoms with E-state index >= 15 is 0 Å². The Morgan fingerprint density at radius 2 is 2.13 bits per heavy atom. The van der Waals surface area contributed by atoms with E-state index in [1.54, 1.807) is 13.0 Å². The van der Waals surface area contributed by atoms with Gasteiger partial charge < -0.3 is 15.6 Å². The Labute approximate surface area is 90.9 Å². The minimum absolute atomic E-state index is 0.300. The molecule has 1 atom stereocenters. The van der Waals surface area contributed by atoms with Crippen LogP contribution in [0.3, 0.4) is 0 Å². The Hall–Kier alpha value is -1.22. The minimum Gasteiger partial charge on any atom is -0.490 e. The maximum Gasteiger partial charge on any atom is 0.122 e. The zero-order chi connectivity index (χ0) is 11.5. The number of hydrogen-bond donors (Lipinski definition) is 2. The summed E-state index contributed by atoms with van der Waals surface area (Å²) < 4.78 is 5.54. The van der Waals surface area contributed by atoms with Crippen molar-refractivity contribution in [3.8, 4) is 5.75 Å². The fourth-order valence-corrected chi connectivity index (χ4v) is 1.17. The van der Waals surface area contributed by atoms with Crippen molar-refractivity contribution in [1.82, 2.24) is 0 Å². The first kappa shape index (κ1) is 11.9. The molecule has 1 unspecified atom stereocenters. The Bertz CT molecular complexity index is 334. The van der Waals surface area contributed by atoms with Crippen molar-refractivity contribution in [1.29, 1.82) is 0 Å². The van der Waals surface area contributed by atoms with Crippen molar-refractivity contribution in [2.75, 3.05) is 12.3 Å². The lowest BCUT2D eigenvalue weighted by molar-refractivity contribution is 0.00828. The number of nitrogen functional groups attached to an aromatic ring is 1. The molecule has 0 saturated heterocycles. The smallest absolute Gasteiger partial charge is 0.122 e. The van der Waals surface area contributed by atoms with Crippen LogP contribution in [-0.2, 0) is 0 Å². The lowest BCUT2D eigenvalue weighted by atomic mass is 10.1. The number of nitrogens with two attached hydrogens (primary N) is 1. The fourth-order valence-electron chi connectivity index (χ4n) is 1.17. The Morgan fingerprint density at radius 3 is 2.67 bits per heavy atom. The van der Waals surface area contributed by atoms with Gasteiger partial charge in [-0.3, -0.25) is 0 Å². The van der Waals surface area contributed by atoms with Crippen molar-refractivity contribution in [3.63, 3.8) is 0 Å². The summed E-state index contributed by atoms with van der Waals surface area (Å²) in [6.07, 6.45) is 0.668. The molecule has 0 heterocycles. The first-order chi connectivity index (χ1) is 6.94. The number of aliphatic hydroxyl groups is 1. The third-order valence-corrected chi connectivity index (χ3v) is 2.50. The standard InChI is InChI=1S/C12H19NO2/c1-4-12(3,14)8-15-11-6-5-10(13)7-9(11)2/h5-7,14H,4,8,13H2,1-3H3. The monoisotopic (exact) mass is 209 g/mol. The molecule has 1 aromatic rings. The first-order valence-electron chi connectivity index (χ1n) is 5.16. The highest BCUT2D eigenvalue weighted by molar-refractivity contribution is 5.47. The average Bonchev–Trinajstić information content (AvgIpc) is 2.16. The topological polar surface area (TPSA) is 55.5 Å². The molecule has 3 N–H and O–H groups in total. The maximum atomic E-state index is 9.78. The van der Waals surface area contributed by atoms with Crippen LogP contribution in [0.25, 0.3) is 0 Å². The molecule has 3 nitrogen and oxygen atoms in total.